The smallest absolute Gasteiger partial charge is 0.325 e. The molecule has 0 aliphatic heterocycles. The van der Waals surface area contributed by atoms with Gasteiger partial charge in [0.05, 0.1) is 13.4 Å². The van der Waals surface area contributed by atoms with Crippen molar-refractivity contribution in [1.82, 2.24) is 5.32 Å². The molecule has 1 heterocycles. The molecule has 1 aromatic carbocycles. The first-order chi connectivity index (χ1) is 11.0. The number of ether oxygens (including phenoxy) is 1. The number of hydrogen-bond donors (Lipinski definition) is 2. The Morgan fingerprint density at radius 1 is 1.09 bits per heavy atom. The highest BCUT2D eigenvalue weighted by Crippen LogP contribution is 2.14. The number of carbonyl (C=O) groups is 3. The average molecular weight is 316 g/mol. The summed E-state index contributed by atoms with van der Waals surface area (Å²) in [5.74, 6) is -1.06. The second-order valence-electron chi connectivity index (χ2n) is 4.72. The Bertz CT molecular complexity index is 718. The topological polar surface area (TPSA) is 97.6 Å². The van der Waals surface area contributed by atoms with Gasteiger partial charge in [0.15, 0.2) is 5.76 Å². The van der Waals surface area contributed by atoms with Gasteiger partial charge in [-0.3, -0.25) is 14.4 Å². The van der Waals surface area contributed by atoms with Crippen LogP contribution < -0.4 is 10.6 Å². The molecule has 0 saturated carbocycles. The normalized spacial score (nSPS) is 10.0. The molecular weight excluding hydrogens is 300 g/mol. The third-order valence-electron chi connectivity index (χ3n) is 3.09. The number of furan rings is 1. The van der Waals surface area contributed by atoms with E-state index in [9.17, 15) is 14.4 Å². The number of anilines is 1. The first-order valence-corrected chi connectivity index (χ1v) is 6.82. The van der Waals surface area contributed by atoms with Crippen molar-refractivity contribution >= 4 is 23.5 Å². The van der Waals surface area contributed by atoms with Crippen LogP contribution >= 0.6 is 0 Å². The van der Waals surface area contributed by atoms with Gasteiger partial charge >= 0.3 is 5.97 Å². The van der Waals surface area contributed by atoms with Crippen molar-refractivity contribution in [2.75, 3.05) is 19.0 Å². The van der Waals surface area contributed by atoms with Crippen LogP contribution in [0.3, 0.4) is 0 Å². The molecule has 0 radical (unpaired) electrons. The van der Waals surface area contributed by atoms with Crippen LogP contribution in [-0.2, 0) is 9.53 Å². The third-order valence-corrected chi connectivity index (χ3v) is 3.09. The second kappa shape index (κ2) is 7.26. The fourth-order valence-corrected chi connectivity index (χ4v) is 1.82. The zero-order valence-corrected chi connectivity index (χ0v) is 12.7. The number of hydrogen-bond acceptors (Lipinski definition) is 5. The molecule has 0 saturated heterocycles. The summed E-state index contributed by atoms with van der Waals surface area (Å²) in [6.45, 7) is 1.57. The Labute approximate surface area is 132 Å². The number of nitrogens with one attached hydrogen (secondary N) is 2. The largest absolute Gasteiger partial charge is 0.468 e. The van der Waals surface area contributed by atoms with Crippen molar-refractivity contribution in [2.45, 2.75) is 6.92 Å². The summed E-state index contributed by atoms with van der Waals surface area (Å²) < 4.78 is 9.54. The molecule has 2 amide bonds. The predicted octanol–water partition coefficient (Wildman–Crippen LogP) is 1.74. The van der Waals surface area contributed by atoms with E-state index < -0.39 is 11.9 Å². The summed E-state index contributed by atoms with van der Waals surface area (Å²) in [6.07, 6.45) is 1.44. The van der Waals surface area contributed by atoms with Crippen LogP contribution in [0.1, 0.15) is 26.5 Å². The number of aryl methyl sites for hydroxylation is 1. The molecule has 7 nitrogen and oxygen atoms in total. The van der Waals surface area contributed by atoms with Crippen LogP contribution in [0, 0.1) is 6.92 Å². The minimum absolute atomic E-state index is 0.203. The molecule has 0 aliphatic carbocycles. The number of benzene rings is 1. The minimum atomic E-state index is -0.531. The monoisotopic (exact) mass is 316 g/mol. The molecule has 1 aromatic heterocycles. The number of esters is 1. The maximum absolute atomic E-state index is 12.0. The first kappa shape index (κ1) is 16.3. The summed E-state index contributed by atoms with van der Waals surface area (Å²) >= 11 is 0. The van der Waals surface area contributed by atoms with Gasteiger partial charge in [-0.1, -0.05) is 0 Å². The lowest BCUT2D eigenvalue weighted by Crippen LogP contribution is -2.30. The van der Waals surface area contributed by atoms with E-state index in [0.717, 1.165) is 5.56 Å². The first-order valence-electron chi connectivity index (χ1n) is 6.82. The van der Waals surface area contributed by atoms with E-state index in [1.165, 1.54) is 25.5 Å². The molecule has 2 rings (SSSR count). The molecule has 7 heteroatoms. The standard InChI is InChI=1S/C16H16N2O5/c1-10-7-8-23-14(10)16(21)18-12-5-3-11(4-6-12)15(20)17-9-13(19)22-2/h3-8H,9H2,1-2H3,(H,17,20)(H,18,21). The van der Waals surface area contributed by atoms with E-state index in [2.05, 4.69) is 15.4 Å². The van der Waals surface area contributed by atoms with Gasteiger partial charge in [0, 0.05) is 16.8 Å². The SMILES string of the molecule is COC(=O)CNC(=O)c1ccc(NC(=O)c2occc2C)cc1. The van der Waals surface area contributed by atoms with E-state index in [0.29, 0.717) is 11.3 Å². The Kier molecular flexibility index (Phi) is 5.14. The van der Waals surface area contributed by atoms with Crippen LogP contribution in [0.25, 0.3) is 0 Å². The number of amides is 2. The van der Waals surface area contributed by atoms with Gasteiger partial charge in [-0.15, -0.1) is 0 Å². The van der Waals surface area contributed by atoms with Crippen molar-refractivity contribution in [3.63, 3.8) is 0 Å². The summed E-state index contributed by atoms with van der Waals surface area (Å²) in [7, 11) is 1.24. The lowest BCUT2D eigenvalue weighted by atomic mass is 10.2. The van der Waals surface area contributed by atoms with E-state index >= 15 is 0 Å². The van der Waals surface area contributed by atoms with Crippen molar-refractivity contribution in [1.29, 1.82) is 0 Å². The number of carbonyl (C=O) groups excluding carboxylic acids is 3. The van der Waals surface area contributed by atoms with Gasteiger partial charge in [0.25, 0.3) is 11.8 Å². The maximum Gasteiger partial charge on any atom is 0.325 e. The van der Waals surface area contributed by atoms with Gasteiger partial charge in [-0.2, -0.15) is 0 Å². The quantitative estimate of drug-likeness (QED) is 0.819. The van der Waals surface area contributed by atoms with Crippen molar-refractivity contribution in [2.24, 2.45) is 0 Å². The number of rotatable bonds is 5. The van der Waals surface area contributed by atoms with Crippen LogP contribution in [0.15, 0.2) is 41.0 Å². The summed E-state index contributed by atoms with van der Waals surface area (Å²) in [5, 5.41) is 5.10. The van der Waals surface area contributed by atoms with Crippen LogP contribution in [0.4, 0.5) is 5.69 Å². The Hall–Kier alpha value is -3.09. The predicted molar refractivity (Wildman–Crippen MR) is 82.2 cm³/mol. The molecule has 0 spiro atoms. The maximum atomic E-state index is 12.0. The van der Waals surface area contributed by atoms with Gasteiger partial charge in [0.1, 0.15) is 6.54 Å². The zero-order valence-electron chi connectivity index (χ0n) is 12.7. The average Bonchev–Trinajstić information content (AvgIpc) is 2.99. The molecule has 0 aliphatic rings. The van der Waals surface area contributed by atoms with Crippen molar-refractivity contribution in [3.05, 3.63) is 53.5 Å². The molecule has 0 unspecified atom stereocenters. The van der Waals surface area contributed by atoms with E-state index in [1.54, 1.807) is 25.1 Å². The van der Waals surface area contributed by atoms with Gasteiger partial charge in [-0.05, 0) is 37.3 Å². The Balaban J connectivity index is 1.97. The fraction of sp³-hybridized carbons (Fsp3) is 0.188. The fourth-order valence-electron chi connectivity index (χ4n) is 1.82. The van der Waals surface area contributed by atoms with Gasteiger partial charge in [0.2, 0.25) is 0 Å². The lowest BCUT2D eigenvalue weighted by Gasteiger charge is -2.06. The van der Waals surface area contributed by atoms with Crippen LogP contribution in [0.2, 0.25) is 0 Å². The Morgan fingerprint density at radius 2 is 1.78 bits per heavy atom. The molecular formula is C16H16N2O5. The summed E-state index contributed by atoms with van der Waals surface area (Å²) in [5.41, 5.74) is 1.62. The molecule has 0 atom stereocenters. The number of methoxy groups -OCH3 is 1. The highest BCUT2D eigenvalue weighted by molar-refractivity contribution is 6.03. The van der Waals surface area contributed by atoms with Crippen molar-refractivity contribution < 1.29 is 23.5 Å². The van der Waals surface area contributed by atoms with E-state index in [4.69, 9.17) is 4.42 Å². The molecule has 120 valence electrons. The van der Waals surface area contributed by atoms with Gasteiger partial charge in [-0.25, -0.2) is 0 Å². The summed E-state index contributed by atoms with van der Waals surface area (Å²) in [6, 6.07) is 7.95. The Morgan fingerprint density at radius 3 is 2.35 bits per heavy atom. The highest BCUT2D eigenvalue weighted by atomic mass is 16.5. The lowest BCUT2D eigenvalue weighted by molar-refractivity contribution is -0.139. The molecule has 0 bridgehead atoms. The van der Waals surface area contributed by atoms with E-state index in [1.807, 2.05) is 0 Å². The molecule has 2 aromatic rings. The molecule has 2 N–H and O–H groups in total. The molecule has 0 fully saturated rings. The van der Waals surface area contributed by atoms with Crippen molar-refractivity contribution in [3.8, 4) is 0 Å². The second-order valence-corrected chi connectivity index (χ2v) is 4.72. The minimum Gasteiger partial charge on any atom is -0.468 e. The highest BCUT2D eigenvalue weighted by Gasteiger charge is 2.13. The van der Waals surface area contributed by atoms with Crippen LogP contribution in [-0.4, -0.2) is 31.4 Å². The third kappa shape index (κ3) is 4.19. The molecule has 23 heavy (non-hydrogen) atoms. The van der Waals surface area contributed by atoms with Gasteiger partial charge < -0.3 is 19.8 Å². The summed E-state index contributed by atoms with van der Waals surface area (Å²) in [4.78, 5) is 34.8. The van der Waals surface area contributed by atoms with E-state index in [-0.39, 0.29) is 18.2 Å². The van der Waals surface area contributed by atoms with Crippen LogP contribution in [0.5, 0.6) is 0 Å². The zero-order chi connectivity index (χ0) is 16.8.